The van der Waals surface area contributed by atoms with Crippen molar-refractivity contribution < 1.29 is 13.2 Å². The molecule has 24 heavy (non-hydrogen) atoms. The minimum atomic E-state index is -3.31. The number of anilines is 2. The number of hydrogen-bond acceptors (Lipinski definition) is 3. The van der Waals surface area contributed by atoms with Crippen LogP contribution >= 0.6 is 23.2 Å². The van der Waals surface area contributed by atoms with Gasteiger partial charge in [0, 0.05) is 12.7 Å². The van der Waals surface area contributed by atoms with Gasteiger partial charge in [-0.2, -0.15) is 0 Å². The molecule has 0 aliphatic carbocycles. The zero-order chi connectivity index (χ0) is 17.9. The number of halogens is 2. The lowest BCUT2D eigenvalue weighted by molar-refractivity contribution is -0.115. The summed E-state index contributed by atoms with van der Waals surface area (Å²) in [5.74, 6) is -0.211. The van der Waals surface area contributed by atoms with Crippen LogP contribution in [0.25, 0.3) is 0 Å². The average molecular weight is 387 g/mol. The summed E-state index contributed by atoms with van der Waals surface area (Å²) in [5.41, 5.74) is 1.85. The van der Waals surface area contributed by atoms with Crippen molar-refractivity contribution in [2.24, 2.45) is 0 Å². The zero-order valence-electron chi connectivity index (χ0n) is 13.1. The Bertz CT molecular complexity index is 852. The monoisotopic (exact) mass is 386 g/mol. The number of carbonyl (C=O) groups excluding carboxylic acids is 1. The molecule has 0 aromatic heterocycles. The molecule has 2 aromatic carbocycles. The maximum Gasteiger partial charge on any atom is 0.231 e. The van der Waals surface area contributed by atoms with Crippen molar-refractivity contribution in [1.29, 1.82) is 0 Å². The van der Waals surface area contributed by atoms with Crippen LogP contribution in [-0.2, 0) is 21.2 Å². The Kier molecular flexibility index (Phi) is 5.74. The molecule has 0 saturated carbocycles. The summed E-state index contributed by atoms with van der Waals surface area (Å²) in [4.78, 5) is 12.1. The number of carbonyl (C=O) groups is 1. The van der Waals surface area contributed by atoms with Gasteiger partial charge in [0.2, 0.25) is 15.9 Å². The molecule has 128 valence electrons. The van der Waals surface area contributed by atoms with Gasteiger partial charge < -0.3 is 5.32 Å². The second-order valence-electron chi connectivity index (χ2n) is 5.25. The smallest absolute Gasteiger partial charge is 0.231 e. The highest BCUT2D eigenvalue weighted by molar-refractivity contribution is 7.92. The summed E-state index contributed by atoms with van der Waals surface area (Å²) in [6.45, 7) is 0. The lowest BCUT2D eigenvalue weighted by atomic mass is 10.1. The van der Waals surface area contributed by atoms with Crippen LogP contribution in [0.2, 0.25) is 10.0 Å². The third-order valence-electron chi connectivity index (χ3n) is 3.37. The molecule has 2 rings (SSSR count). The van der Waals surface area contributed by atoms with Crippen LogP contribution in [0.3, 0.4) is 0 Å². The quantitative estimate of drug-likeness (QED) is 0.853. The summed E-state index contributed by atoms with van der Waals surface area (Å²) < 4.78 is 24.2. The topological polar surface area (TPSA) is 66.5 Å². The third-order valence-corrected chi connectivity index (χ3v) is 5.31. The summed E-state index contributed by atoms with van der Waals surface area (Å²) in [6, 6.07) is 11.6. The molecule has 1 amide bonds. The van der Waals surface area contributed by atoms with Gasteiger partial charge in [-0.25, -0.2) is 8.42 Å². The van der Waals surface area contributed by atoms with E-state index in [4.69, 9.17) is 23.2 Å². The van der Waals surface area contributed by atoms with Crippen LogP contribution < -0.4 is 9.62 Å². The Labute approximate surface area is 151 Å². The average Bonchev–Trinajstić information content (AvgIpc) is 2.50. The van der Waals surface area contributed by atoms with Crippen LogP contribution in [0.15, 0.2) is 42.5 Å². The van der Waals surface area contributed by atoms with Crippen LogP contribution in [0.1, 0.15) is 5.56 Å². The third kappa shape index (κ3) is 4.87. The van der Waals surface area contributed by atoms with Crippen LogP contribution in [0, 0.1) is 0 Å². The first-order valence-corrected chi connectivity index (χ1v) is 9.55. The molecule has 0 saturated heterocycles. The van der Waals surface area contributed by atoms with Gasteiger partial charge in [-0.1, -0.05) is 35.3 Å². The van der Waals surface area contributed by atoms with Crippen molar-refractivity contribution in [2.45, 2.75) is 6.42 Å². The highest BCUT2D eigenvalue weighted by Crippen LogP contribution is 2.25. The van der Waals surface area contributed by atoms with E-state index in [0.717, 1.165) is 11.8 Å². The predicted molar refractivity (Wildman–Crippen MR) is 98.5 cm³/mol. The fourth-order valence-corrected chi connectivity index (χ4v) is 2.78. The van der Waals surface area contributed by atoms with Crippen molar-refractivity contribution in [3.8, 4) is 0 Å². The van der Waals surface area contributed by atoms with E-state index in [9.17, 15) is 13.2 Å². The molecule has 8 heteroatoms. The molecule has 0 heterocycles. The zero-order valence-corrected chi connectivity index (χ0v) is 15.4. The molecule has 0 radical (unpaired) electrons. The first kappa shape index (κ1) is 18.6. The lowest BCUT2D eigenvalue weighted by Crippen LogP contribution is -2.24. The molecule has 5 nitrogen and oxygen atoms in total. The van der Waals surface area contributed by atoms with Crippen molar-refractivity contribution in [2.75, 3.05) is 22.9 Å². The van der Waals surface area contributed by atoms with E-state index in [1.54, 1.807) is 42.5 Å². The predicted octanol–water partition coefficient (Wildman–Crippen LogP) is 3.57. The molecule has 0 aliphatic heterocycles. The second-order valence-corrected chi connectivity index (χ2v) is 8.08. The molecule has 0 fully saturated rings. The van der Waals surface area contributed by atoms with E-state index in [-0.39, 0.29) is 12.3 Å². The first-order chi connectivity index (χ1) is 11.2. The van der Waals surface area contributed by atoms with Gasteiger partial charge in [0.25, 0.3) is 0 Å². The molecule has 0 bridgehead atoms. The molecule has 0 spiro atoms. The highest BCUT2D eigenvalue weighted by Gasteiger charge is 2.12. The highest BCUT2D eigenvalue weighted by atomic mass is 35.5. The van der Waals surface area contributed by atoms with Crippen LogP contribution in [0.5, 0.6) is 0 Å². The molecule has 0 atom stereocenters. The SMILES string of the molecule is CN(c1ccc(CC(=O)Nc2ccc(Cl)c(Cl)c2)cc1)S(C)(=O)=O. The van der Waals surface area contributed by atoms with Gasteiger partial charge in [0.1, 0.15) is 0 Å². The largest absolute Gasteiger partial charge is 0.326 e. The Hall–Kier alpha value is -1.76. The number of nitrogens with zero attached hydrogens (tertiary/aromatic N) is 1. The van der Waals surface area contributed by atoms with Crippen LogP contribution in [0.4, 0.5) is 11.4 Å². The standard InChI is InChI=1S/C16H16Cl2N2O3S/c1-20(24(2,22)23)13-6-3-11(4-7-13)9-16(21)19-12-5-8-14(17)15(18)10-12/h3-8,10H,9H2,1-2H3,(H,19,21). The van der Waals surface area contributed by atoms with Gasteiger partial charge in [-0.15, -0.1) is 0 Å². The summed E-state index contributed by atoms with van der Waals surface area (Å²) >= 11 is 11.7. The number of sulfonamides is 1. The van der Waals surface area contributed by atoms with E-state index in [1.165, 1.54) is 11.4 Å². The fourth-order valence-electron chi connectivity index (χ4n) is 1.98. The number of rotatable bonds is 5. The summed E-state index contributed by atoms with van der Waals surface area (Å²) in [6.07, 6.45) is 1.29. The molecule has 1 N–H and O–H groups in total. The molecule has 0 aliphatic rings. The number of amides is 1. The van der Waals surface area contributed by atoms with Gasteiger partial charge in [0.15, 0.2) is 0 Å². The number of nitrogens with one attached hydrogen (secondary N) is 1. The maximum atomic E-state index is 12.1. The Morgan fingerprint density at radius 1 is 1.08 bits per heavy atom. The Morgan fingerprint density at radius 3 is 2.25 bits per heavy atom. The minimum absolute atomic E-state index is 0.156. The summed E-state index contributed by atoms with van der Waals surface area (Å²) in [5, 5.41) is 3.51. The van der Waals surface area contributed by atoms with Gasteiger partial charge in [-0.05, 0) is 35.9 Å². The molecular weight excluding hydrogens is 371 g/mol. The lowest BCUT2D eigenvalue weighted by Gasteiger charge is -2.16. The number of hydrogen-bond donors (Lipinski definition) is 1. The van der Waals surface area contributed by atoms with Crippen molar-refractivity contribution in [1.82, 2.24) is 0 Å². The van der Waals surface area contributed by atoms with E-state index in [1.807, 2.05) is 0 Å². The first-order valence-electron chi connectivity index (χ1n) is 6.94. The van der Waals surface area contributed by atoms with Crippen LogP contribution in [-0.4, -0.2) is 27.6 Å². The molecule has 2 aromatic rings. The van der Waals surface area contributed by atoms with Gasteiger partial charge in [-0.3, -0.25) is 9.10 Å². The van der Waals surface area contributed by atoms with E-state index < -0.39 is 10.0 Å². The number of benzene rings is 2. The normalized spacial score (nSPS) is 11.2. The Balaban J connectivity index is 2.03. The second kappa shape index (κ2) is 7.42. The Morgan fingerprint density at radius 2 is 1.71 bits per heavy atom. The fraction of sp³-hybridized carbons (Fsp3) is 0.188. The van der Waals surface area contributed by atoms with Crippen molar-refractivity contribution in [3.05, 3.63) is 58.1 Å². The van der Waals surface area contributed by atoms with Gasteiger partial charge >= 0.3 is 0 Å². The molecule has 0 unspecified atom stereocenters. The maximum absolute atomic E-state index is 12.1. The van der Waals surface area contributed by atoms with Gasteiger partial charge in [0.05, 0.1) is 28.4 Å². The summed E-state index contributed by atoms with van der Waals surface area (Å²) in [7, 11) is -1.84. The van der Waals surface area contributed by atoms with Crippen molar-refractivity contribution in [3.63, 3.8) is 0 Å². The van der Waals surface area contributed by atoms with E-state index in [0.29, 0.717) is 21.4 Å². The van der Waals surface area contributed by atoms with E-state index in [2.05, 4.69) is 5.32 Å². The molecular formula is C16H16Cl2N2O3S. The minimum Gasteiger partial charge on any atom is -0.326 e. The van der Waals surface area contributed by atoms with Crippen molar-refractivity contribution >= 4 is 50.5 Å². The van der Waals surface area contributed by atoms with E-state index >= 15 is 0 Å².